The quantitative estimate of drug-likeness (QED) is 0.187. The highest BCUT2D eigenvalue weighted by Crippen LogP contribution is 2.33. The van der Waals surface area contributed by atoms with Gasteiger partial charge in [0.2, 0.25) is 11.8 Å². The summed E-state index contributed by atoms with van der Waals surface area (Å²) in [5, 5.41) is 2.96. The number of amides is 2. The lowest BCUT2D eigenvalue weighted by molar-refractivity contribution is -0.140. The van der Waals surface area contributed by atoms with Gasteiger partial charge in [-0.05, 0) is 60.9 Å². The number of benzene rings is 4. The largest absolute Gasteiger partial charge is 0.497 e. The number of anilines is 1. The molecule has 4 aromatic carbocycles. The van der Waals surface area contributed by atoms with Crippen molar-refractivity contribution in [2.75, 3.05) is 31.6 Å². The summed E-state index contributed by atoms with van der Waals surface area (Å²) in [6.07, 6.45) is 0.963. The first kappa shape index (κ1) is 34.1. The maximum absolute atomic E-state index is 14.6. The van der Waals surface area contributed by atoms with E-state index in [0.717, 1.165) is 27.4 Å². The average Bonchev–Trinajstić information content (AvgIpc) is 3.08. The smallest absolute Gasteiger partial charge is 0.264 e. The van der Waals surface area contributed by atoms with Crippen LogP contribution in [0.25, 0.3) is 0 Å². The van der Waals surface area contributed by atoms with Crippen molar-refractivity contribution in [1.29, 1.82) is 0 Å². The molecule has 4 aromatic rings. The number of carbonyl (C=O) groups is 2. The number of rotatable bonds is 15. The molecule has 0 aliphatic rings. The molecule has 9 nitrogen and oxygen atoms in total. The number of nitrogens with one attached hydrogen (secondary N) is 1. The molecule has 0 bridgehead atoms. The number of hydrogen-bond donors (Lipinski definition) is 1. The molecule has 0 saturated heterocycles. The van der Waals surface area contributed by atoms with Crippen molar-refractivity contribution < 1.29 is 27.5 Å². The Morgan fingerprint density at radius 1 is 0.826 bits per heavy atom. The van der Waals surface area contributed by atoms with E-state index in [4.69, 9.17) is 9.47 Å². The fraction of sp³-hybridized carbons (Fsp3) is 0.278. The minimum absolute atomic E-state index is 0.0289. The molecule has 1 atom stereocenters. The van der Waals surface area contributed by atoms with Gasteiger partial charge in [0.15, 0.2) is 0 Å². The molecule has 242 valence electrons. The first-order valence-corrected chi connectivity index (χ1v) is 16.6. The molecular weight excluding hydrogens is 602 g/mol. The Morgan fingerprint density at radius 2 is 1.50 bits per heavy atom. The normalized spacial score (nSPS) is 11.7. The van der Waals surface area contributed by atoms with E-state index in [1.165, 1.54) is 31.3 Å². The van der Waals surface area contributed by atoms with Gasteiger partial charge in [0.05, 0.1) is 24.8 Å². The predicted octanol–water partition coefficient (Wildman–Crippen LogP) is 5.37. The van der Waals surface area contributed by atoms with Gasteiger partial charge in [0.1, 0.15) is 24.1 Å². The lowest BCUT2D eigenvalue weighted by Crippen LogP contribution is -2.53. The standard InChI is InChI=1S/C36H41N3O6S/c1-5-22-37-36(41)33(24-28-13-7-6-8-14-28)38(25-29-15-11-12-27(2)23-29)35(40)26-39(32-16-9-10-17-34(32)45-4)46(42,43)31-20-18-30(44-3)19-21-31/h6-21,23,33H,5,22,24-26H2,1-4H3,(H,37,41). The van der Waals surface area contributed by atoms with Crippen LogP contribution in [-0.2, 0) is 32.6 Å². The molecule has 0 fully saturated rings. The van der Waals surface area contributed by atoms with Gasteiger partial charge >= 0.3 is 0 Å². The molecule has 0 aliphatic heterocycles. The Hall–Kier alpha value is -4.83. The molecule has 0 aliphatic carbocycles. The minimum Gasteiger partial charge on any atom is -0.497 e. The van der Waals surface area contributed by atoms with Crippen LogP contribution >= 0.6 is 0 Å². The summed E-state index contributed by atoms with van der Waals surface area (Å²) in [7, 11) is -1.35. The number of sulfonamides is 1. The molecule has 4 rings (SSSR count). The lowest BCUT2D eigenvalue weighted by atomic mass is 10.0. The zero-order valence-electron chi connectivity index (χ0n) is 26.7. The molecule has 1 N–H and O–H groups in total. The highest BCUT2D eigenvalue weighted by molar-refractivity contribution is 7.92. The average molecular weight is 644 g/mol. The highest BCUT2D eigenvalue weighted by atomic mass is 32.2. The van der Waals surface area contributed by atoms with Crippen molar-refractivity contribution in [2.45, 2.75) is 44.2 Å². The molecular formula is C36H41N3O6S. The van der Waals surface area contributed by atoms with Crippen LogP contribution in [0.3, 0.4) is 0 Å². The number of ether oxygens (including phenoxy) is 2. The molecule has 0 saturated carbocycles. The third kappa shape index (κ3) is 8.45. The molecule has 46 heavy (non-hydrogen) atoms. The summed E-state index contributed by atoms with van der Waals surface area (Å²) >= 11 is 0. The second kappa shape index (κ2) is 15.9. The highest BCUT2D eigenvalue weighted by Gasteiger charge is 2.35. The van der Waals surface area contributed by atoms with E-state index in [1.807, 2.05) is 68.4 Å². The number of carbonyl (C=O) groups excluding carboxylic acids is 2. The Kier molecular flexibility index (Phi) is 11.8. The van der Waals surface area contributed by atoms with Gasteiger partial charge in [0, 0.05) is 19.5 Å². The maximum atomic E-state index is 14.6. The third-order valence-corrected chi connectivity index (χ3v) is 9.31. The molecule has 10 heteroatoms. The number of hydrogen-bond acceptors (Lipinski definition) is 6. The van der Waals surface area contributed by atoms with Gasteiger partial charge in [-0.3, -0.25) is 13.9 Å². The van der Waals surface area contributed by atoms with E-state index in [2.05, 4.69) is 5.32 Å². The fourth-order valence-electron chi connectivity index (χ4n) is 5.15. The Morgan fingerprint density at radius 3 is 2.15 bits per heavy atom. The Balaban J connectivity index is 1.82. The number of para-hydroxylation sites is 2. The third-order valence-electron chi connectivity index (χ3n) is 7.54. The second-order valence-corrected chi connectivity index (χ2v) is 12.7. The maximum Gasteiger partial charge on any atom is 0.264 e. The van der Waals surface area contributed by atoms with Crippen LogP contribution in [0.15, 0.2) is 108 Å². The van der Waals surface area contributed by atoms with Crippen molar-refractivity contribution in [3.8, 4) is 11.5 Å². The summed E-state index contributed by atoms with van der Waals surface area (Å²) < 4.78 is 40.4. The monoisotopic (exact) mass is 643 g/mol. The van der Waals surface area contributed by atoms with Crippen LogP contribution in [0.5, 0.6) is 11.5 Å². The van der Waals surface area contributed by atoms with Gasteiger partial charge < -0.3 is 19.7 Å². The molecule has 0 heterocycles. The van der Waals surface area contributed by atoms with E-state index < -0.39 is 28.5 Å². The SMILES string of the molecule is CCCNC(=O)C(Cc1ccccc1)N(Cc1cccc(C)c1)C(=O)CN(c1ccccc1OC)S(=O)(=O)c1ccc(OC)cc1. The summed E-state index contributed by atoms with van der Waals surface area (Å²) in [6, 6.07) is 28.8. The molecule has 0 radical (unpaired) electrons. The predicted molar refractivity (Wildman–Crippen MR) is 179 cm³/mol. The number of aryl methyl sites for hydroxylation is 1. The van der Waals surface area contributed by atoms with Gasteiger partial charge in [-0.2, -0.15) is 0 Å². The molecule has 0 spiro atoms. The lowest BCUT2D eigenvalue weighted by Gasteiger charge is -2.34. The van der Waals surface area contributed by atoms with Crippen LogP contribution in [0.1, 0.15) is 30.0 Å². The zero-order chi connectivity index (χ0) is 33.1. The van der Waals surface area contributed by atoms with Crippen LogP contribution in [0.4, 0.5) is 5.69 Å². The van der Waals surface area contributed by atoms with Gasteiger partial charge in [0.25, 0.3) is 10.0 Å². The Labute approximate surface area is 271 Å². The fourth-order valence-corrected chi connectivity index (χ4v) is 6.58. The van der Waals surface area contributed by atoms with Crippen LogP contribution < -0.4 is 19.1 Å². The van der Waals surface area contributed by atoms with Gasteiger partial charge in [-0.25, -0.2) is 8.42 Å². The molecule has 1 unspecified atom stereocenters. The zero-order valence-corrected chi connectivity index (χ0v) is 27.5. The first-order chi connectivity index (χ1) is 22.2. The number of methoxy groups -OCH3 is 2. The van der Waals surface area contributed by atoms with Crippen molar-refractivity contribution in [1.82, 2.24) is 10.2 Å². The van der Waals surface area contributed by atoms with Crippen LogP contribution in [0, 0.1) is 6.92 Å². The molecule has 2 amide bonds. The van der Waals surface area contributed by atoms with Gasteiger partial charge in [-0.1, -0.05) is 79.2 Å². The van der Waals surface area contributed by atoms with Gasteiger partial charge in [-0.15, -0.1) is 0 Å². The summed E-state index contributed by atoms with van der Waals surface area (Å²) in [5.74, 6) is -0.0881. The summed E-state index contributed by atoms with van der Waals surface area (Å²) in [4.78, 5) is 29.8. The van der Waals surface area contributed by atoms with Crippen molar-refractivity contribution in [2.24, 2.45) is 0 Å². The Bertz CT molecular complexity index is 1710. The summed E-state index contributed by atoms with van der Waals surface area (Å²) in [6.45, 7) is 3.87. The topological polar surface area (TPSA) is 105 Å². The number of nitrogens with zero attached hydrogens (tertiary/aromatic N) is 2. The second-order valence-electron chi connectivity index (χ2n) is 10.9. The van der Waals surface area contributed by atoms with Crippen molar-refractivity contribution >= 4 is 27.5 Å². The molecule has 0 aromatic heterocycles. The summed E-state index contributed by atoms with van der Waals surface area (Å²) in [5.41, 5.74) is 2.88. The van der Waals surface area contributed by atoms with E-state index in [0.29, 0.717) is 12.3 Å². The van der Waals surface area contributed by atoms with E-state index in [1.54, 1.807) is 36.4 Å². The minimum atomic E-state index is -4.29. The first-order valence-electron chi connectivity index (χ1n) is 15.1. The van der Waals surface area contributed by atoms with Crippen LogP contribution in [-0.4, -0.2) is 58.5 Å². The van der Waals surface area contributed by atoms with E-state index in [9.17, 15) is 18.0 Å². The van der Waals surface area contributed by atoms with E-state index >= 15 is 0 Å². The van der Waals surface area contributed by atoms with Crippen molar-refractivity contribution in [3.05, 3.63) is 120 Å². The van der Waals surface area contributed by atoms with Crippen molar-refractivity contribution in [3.63, 3.8) is 0 Å². The van der Waals surface area contributed by atoms with Crippen LogP contribution in [0.2, 0.25) is 0 Å². The van der Waals surface area contributed by atoms with E-state index in [-0.39, 0.29) is 35.2 Å².